The van der Waals surface area contributed by atoms with Crippen LogP contribution in [0, 0.1) is 5.92 Å². The molecule has 118 valence electrons. The van der Waals surface area contributed by atoms with Gasteiger partial charge in [-0.2, -0.15) is 0 Å². The molecule has 1 saturated carbocycles. The molecule has 0 spiro atoms. The minimum Gasteiger partial charge on any atom is -0.297 e. The van der Waals surface area contributed by atoms with Gasteiger partial charge >= 0.3 is 0 Å². The van der Waals surface area contributed by atoms with E-state index in [2.05, 4.69) is 0 Å². The maximum atomic E-state index is 12.4. The highest BCUT2D eigenvalue weighted by molar-refractivity contribution is 7.89. The lowest BCUT2D eigenvalue weighted by Gasteiger charge is -2.29. The largest absolute Gasteiger partial charge is 0.297 e. The van der Waals surface area contributed by atoms with Crippen LogP contribution in [0.4, 0.5) is 0 Å². The maximum Gasteiger partial charge on any atom is 0.268 e. The SMILES string of the molecule is O=C(CN1C(=O)c2ccccc2CS1(=O)=O)C1CCCCC1. The van der Waals surface area contributed by atoms with E-state index in [1.807, 2.05) is 0 Å². The Morgan fingerprint density at radius 3 is 2.55 bits per heavy atom. The summed E-state index contributed by atoms with van der Waals surface area (Å²) in [7, 11) is -3.76. The highest BCUT2D eigenvalue weighted by Crippen LogP contribution is 2.28. The van der Waals surface area contributed by atoms with Crippen LogP contribution in [-0.2, 0) is 20.6 Å². The molecule has 2 aliphatic rings. The van der Waals surface area contributed by atoms with Gasteiger partial charge < -0.3 is 0 Å². The second-order valence-electron chi connectivity index (χ2n) is 6.03. The molecule has 0 bridgehead atoms. The number of fused-ring (bicyclic) bond motifs is 1. The summed E-state index contributed by atoms with van der Waals surface area (Å²) in [6, 6.07) is 6.68. The third-order valence-corrected chi connectivity index (χ3v) is 6.15. The molecule has 1 heterocycles. The van der Waals surface area contributed by atoms with E-state index in [-0.39, 0.29) is 24.0 Å². The van der Waals surface area contributed by atoms with Gasteiger partial charge in [-0.1, -0.05) is 37.5 Å². The first-order valence-electron chi connectivity index (χ1n) is 7.64. The van der Waals surface area contributed by atoms with E-state index in [0.717, 1.165) is 36.4 Å². The Morgan fingerprint density at radius 1 is 1.14 bits per heavy atom. The normalized spacial score (nSPS) is 21.5. The van der Waals surface area contributed by atoms with Crippen molar-refractivity contribution in [3.05, 3.63) is 35.4 Å². The number of Topliss-reactive ketones (excluding diaryl/α,β-unsaturated/α-hetero) is 1. The number of hydrogen-bond acceptors (Lipinski definition) is 4. The molecule has 6 heteroatoms. The number of nitrogens with zero attached hydrogens (tertiary/aromatic N) is 1. The van der Waals surface area contributed by atoms with Gasteiger partial charge in [0, 0.05) is 11.5 Å². The zero-order valence-electron chi connectivity index (χ0n) is 12.3. The third-order valence-electron chi connectivity index (χ3n) is 4.51. The summed E-state index contributed by atoms with van der Waals surface area (Å²) < 4.78 is 25.4. The van der Waals surface area contributed by atoms with Gasteiger partial charge in [-0.3, -0.25) is 9.59 Å². The van der Waals surface area contributed by atoms with Crippen LogP contribution >= 0.6 is 0 Å². The second-order valence-corrected chi connectivity index (χ2v) is 7.92. The Balaban J connectivity index is 1.83. The van der Waals surface area contributed by atoms with Crippen molar-refractivity contribution in [3.8, 4) is 0 Å². The van der Waals surface area contributed by atoms with Crippen molar-refractivity contribution < 1.29 is 18.0 Å². The lowest BCUT2D eigenvalue weighted by molar-refractivity contribution is -0.123. The molecule has 1 aliphatic heterocycles. The fraction of sp³-hybridized carbons (Fsp3) is 0.500. The van der Waals surface area contributed by atoms with Crippen LogP contribution < -0.4 is 0 Å². The summed E-state index contributed by atoms with van der Waals surface area (Å²) in [4.78, 5) is 24.8. The molecule has 0 saturated heterocycles. The first-order valence-corrected chi connectivity index (χ1v) is 9.25. The highest BCUT2D eigenvalue weighted by Gasteiger charge is 2.37. The quantitative estimate of drug-likeness (QED) is 0.855. The Bertz CT molecular complexity index is 705. The van der Waals surface area contributed by atoms with Gasteiger partial charge in [-0.15, -0.1) is 0 Å². The lowest BCUT2D eigenvalue weighted by Crippen LogP contribution is -2.45. The minimum atomic E-state index is -3.76. The monoisotopic (exact) mass is 321 g/mol. The maximum absolute atomic E-state index is 12.4. The third kappa shape index (κ3) is 2.79. The first-order chi connectivity index (χ1) is 10.5. The van der Waals surface area contributed by atoms with Gasteiger partial charge in [-0.25, -0.2) is 12.7 Å². The van der Waals surface area contributed by atoms with Crippen LogP contribution in [0.15, 0.2) is 24.3 Å². The number of amides is 1. The number of hydrogen-bond donors (Lipinski definition) is 0. The van der Waals surface area contributed by atoms with Crippen molar-refractivity contribution in [2.75, 3.05) is 6.54 Å². The molecule has 5 nitrogen and oxygen atoms in total. The highest BCUT2D eigenvalue weighted by atomic mass is 32.2. The van der Waals surface area contributed by atoms with E-state index in [1.165, 1.54) is 0 Å². The van der Waals surface area contributed by atoms with Gasteiger partial charge in [0.1, 0.15) is 0 Å². The average molecular weight is 321 g/mol. The lowest BCUT2D eigenvalue weighted by atomic mass is 9.86. The molecular formula is C16H19NO4S. The summed E-state index contributed by atoms with van der Waals surface area (Å²) in [5.41, 5.74) is 0.891. The summed E-state index contributed by atoms with van der Waals surface area (Å²) in [6.07, 6.45) is 4.73. The minimum absolute atomic E-state index is 0.103. The van der Waals surface area contributed by atoms with Gasteiger partial charge in [0.05, 0.1) is 12.3 Å². The van der Waals surface area contributed by atoms with E-state index in [1.54, 1.807) is 24.3 Å². The van der Waals surface area contributed by atoms with Crippen LogP contribution in [0.2, 0.25) is 0 Å². The standard InChI is InChI=1S/C16H19NO4S/c18-15(12-6-2-1-3-7-12)10-17-16(19)14-9-5-4-8-13(14)11-22(17,20)21/h4-5,8-9,12H,1-3,6-7,10-11H2. The van der Waals surface area contributed by atoms with Crippen LogP contribution in [0.25, 0.3) is 0 Å². The molecule has 0 atom stereocenters. The number of sulfonamides is 1. The van der Waals surface area contributed by atoms with E-state index in [9.17, 15) is 18.0 Å². The fourth-order valence-corrected chi connectivity index (χ4v) is 4.73. The number of ketones is 1. The topological polar surface area (TPSA) is 71.5 Å². The zero-order valence-corrected chi connectivity index (χ0v) is 13.1. The van der Waals surface area contributed by atoms with Crippen molar-refractivity contribution in [2.24, 2.45) is 5.92 Å². The Hall–Kier alpha value is -1.69. The number of carbonyl (C=O) groups is 2. The molecule has 1 fully saturated rings. The molecule has 1 aromatic carbocycles. The predicted octanol–water partition coefficient (Wildman–Crippen LogP) is 2.12. The van der Waals surface area contributed by atoms with Crippen LogP contribution in [0.1, 0.15) is 48.0 Å². The molecule has 1 aromatic rings. The van der Waals surface area contributed by atoms with Crippen LogP contribution in [0.5, 0.6) is 0 Å². The molecule has 0 aromatic heterocycles. The average Bonchev–Trinajstić information content (AvgIpc) is 2.51. The zero-order chi connectivity index (χ0) is 15.7. The van der Waals surface area contributed by atoms with Crippen molar-refractivity contribution >= 4 is 21.7 Å². The van der Waals surface area contributed by atoms with E-state index >= 15 is 0 Å². The molecule has 1 amide bonds. The summed E-state index contributed by atoms with van der Waals surface area (Å²) in [6.45, 7) is -0.319. The summed E-state index contributed by atoms with van der Waals surface area (Å²) in [5, 5.41) is 0. The molecule has 0 radical (unpaired) electrons. The molecule has 22 heavy (non-hydrogen) atoms. The van der Waals surface area contributed by atoms with Crippen molar-refractivity contribution in [1.29, 1.82) is 0 Å². The van der Waals surface area contributed by atoms with Crippen molar-refractivity contribution in [1.82, 2.24) is 4.31 Å². The second kappa shape index (κ2) is 5.83. The smallest absolute Gasteiger partial charge is 0.268 e. The van der Waals surface area contributed by atoms with E-state index in [0.29, 0.717) is 11.1 Å². The molecular weight excluding hydrogens is 302 g/mol. The fourth-order valence-electron chi connectivity index (χ4n) is 3.26. The summed E-state index contributed by atoms with van der Waals surface area (Å²) in [5.74, 6) is -1.02. The Kier molecular flexibility index (Phi) is 4.04. The number of rotatable bonds is 3. The Labute approximate surface area is 130 Å². The van der Waals surface area contributed by atoms with Gasteiger partial charge in [0.2, 0.25) is 10.0 Å². The predicted molar refractivity (Wildman–Crippen MR) is 81.7 cm³/mol. The van der Waals surface area contributed by atoms with Crippen molar-refractivity contribution in [3.63, 3.8) is 0 Å². The van der Waals surface area contributed by atoms with Crippen LogP contribution in [0.3, 0.4) is 0 Å². The molecule has 3 rings (SSSR count). The Morgan fingerprint density at radius 2 is 1.82 bits per heavy atom. The van der Waals surface area contributed by atoms with E-state index in [4.69, 9.17) is 0 Å². The number of benzene rings is 1. The number of carbonyl (C=O) groups excluding carboxylic acids is 2. The first kappa shape index (κ1) is 15.2. The molecule has 0 N–H and O–H groups in total. The van der Waals surface area contributed by atoms with Gasteiger partial charge in [0.25, 0.3) is 5.91 Å². The van der Waals surface area contributed by atoms with Crippen LogP contribution in [-0.4, -0.2) is 31.0 Å². The van der Waals surface area contributed by atoms with Gasteiger partial charge in [0.15, 0.2) is 5.78 Å². The van der Waals surface area contributed by atoms with E-state index < -0.39 is 15.9 Å². The van der Waals surface area contributed by atoms with Crippen molar-refractivity contribution in [2.45, 2.75) is 37.9 Å². The van der Waals surface area contributed by atoms with Gasteiger partial charge in [-0.05, 0) is 24.5 Å². The molecule has 0 unspecified atom stereocenters. The molecule has 1 aliphatic carbocycles. The summed E-state index contributed by atoms with van der Waals surface area (Å²) >= 11 is 0.